The molecule has 2 rings (SSSR count). The molecule has 0 saturated carbocycles. The molecule has 0 saturated heterocycles. The van der Waals surface area contributed by atoms with Gasteiger partial charge in [0.15, 0.2) is 0 Å². The Balaban J connectivity index is 2.36. The van der Waals surface area contributed by atoms with E-state index in [-0.39, 0.29) is 12.1 Å². The van der Waals surface area contributed by atoms with Crippen LogP contribution in [0.3, 0.4) is 0 Å². The molecule has 1 unspecified atom stereocenters. The smallest absolute Gasteiger partial charge is 0.138 e. The summed E-state index contributed by atoms with van der Waals surface area (Å²) in [6, 6.07) is 8.31. The van der Waals surface area contributed by atoms with E-state index in [1.54, 1.807) is 6.20 Å². The molecule has 1 atom stereocenters. The molecule has 2 aromatic rings. The minimum absolute atomic E-state index is 0.0574. The summed E-state index contributed by atoms with van der Waals surface area (Å²) in [5.74, 6) is 0.789. The van der Waals surface area contributed by atoms with Gasteiger partial charge in [-0.1, -0.05) is 31.9 Å². The first-order valence-corrected chi connectivity index (χ1v) is 8.33. The van der Waals surface area contributed by atoms with Crippen molar-refractivity contribution in [3.8, 4) is 5.75 Å². The highest BCUT2D eigenvalue weighted by atomic mass is 79.9. The Bertz CT molecular complexity index is 597. The summed E-state index contributed by atoms with van der Waals surface area (Å²) < 4.78 is 7.80. The fourth-order valence-corrected chi connectivity index (χ4v) is 3.53. The van der Waals surface area contributed by atoms with Crippen LogP contribution in [0.25, 0.3) is 0 Å². The molecule has 1 N–H and O–H groups in total. The minimum atomic E-state index is 0.0574. The zero-order valence-electron chi connectivity index (χ0n) is 12.2. The molecule has 0 bridgehead atoms. The van der Waals surface area contributed by atoms with Gasteiger partial charge in [-0.25, -0.2) is 0 Å². The monoisotopic (exact) mass is 412 g/mol. The molecule has 0 radical (unpaired) electrons. The van der Waals surface area contributed by atoms with Crippen LogP contribution in [0, 0.1) is 0 Å². The molecule has 0 aliphatic heterocycles. The molecule has 0 aliphatic carbocycles. The second-order valence-corrected chi connectivity index (χ2v) is 6.88. The van der Waals surface area contributed by atoms with Crippen molar-refractivity contribution in [1.82, 2.24) is 10.3 Å². The third kappa shape index (κ3) is 4.53. The highest BCUT2D eigenvalue weighted by molar-refractivity contribution is 9.11. The van der Waals surface area contributed by atoms with Crippen LogP contribution in [0.1, 0.15) is 31.0 Å². The average Bonchev–Trinajstić information content (AvgIpc) is 2.38. The number of pyridine rings is 1. The van der Waals surface area contributed by atoms with Gasteiger partial charge in [-0.3, -0.25) is 4.98 Å². The van der Waals surface area contributed by atoms with Crippen LogP contribution in [0.2, 0.25) is 0 Å². The van der Waals surface area contributed by atoms with Gasteiger partial charge in [0.2, 0.25) is 0 Å². The van der Waals surface area contributed by atoms with E-state index >= 15 is 0 Å². The number of benzene rings is 1. The Hall–Kier alpha value is -0.910. The minimum Gasteiger partial charge on any atom is -0.489 e. The zero-order valence-corrected chi connectivity index (χ0v) is 15.4. The van der Waals surface area contributed by atoms with Gasteiger partial charge in [0.05, 0.1) is 18.3 Å². The lowest BCUT2D eigenvalue weighted by molar-refractivity contribution is 0.241. The first-order valence-electron chi connectivity index (χ1n) is 6.74. The average molecular weight is 414 g/mol. The number of ether oxygens (including phenoxy) is 1. The predicted octanol–water partition coefficient (Wildman–Crippen LogP) is 4.70. The Kier molecular flexibility index (Phi) is 5.79. The van der Waals surface area contributed by atoms with Crippen LogP contribution in [0.4, 0.5) is 0 Å². The molecular formula is C16H18Br2N2O. The summed E-state index contributed by atoms with van der Waals surface area (Å²) in [5, 5.41) is 3.33. The molecule has 0 fully saturated rings. The van der Waals surface area contributed by atoms with Crippen LogP contribution in [-0.2, 0) is 0 Å². The number of hydrogen-bond donors (Lipinski definition) is 1. The molecule has 1 aromatic carbocycles. The lowest BCUT2D eigenvalue weighted by Gasteiger charge is -2.19. The molecule has 0 aliphatic rings. The fourth-order valence-electron chi connectivity index (χ4n) is 2.20. The summed E-state index contributed by atoms with van der Waals surface area (Å²) in [6.07, 6.45) is 3.74. The molecular weight excluding hydrogens is 396 g/mol. The van der Waals surface area contributed by atoms with Crippen LogP contribution < -0.4 is 10.1 Å². The maximum Gasteiger partial charge on any atom is 0.138 e. The first kappa shape index (κ1) is 16.5. The second-order valence-electron chi connectivity index (χ2n) is 5.05. The number of nitrogens with one attached hydrogen (secondary N) is 1. The van der Waals surface area contributed by atoms with E-state index in [1.807, 2.05) is 39.2 Å². The van der Waals surface area contributed by atoms with Gasteiger partial charge in [-0.15, -0.1) is 0 Å². The summed E-state index contributed by atoms with van der Waals surface area (Å²) >= 11 is 7.06. The Morgan fingerprint density at radius 3 is 2.24 bits per heavy atom. The molecule has 0 spiro atoms. The third-order valence-electron chi connectivity index (χ3n) is 2.95. The van der Waals surface area contributed by atoms with Crippen LogP contribution in [-0.4, -0.2) is 18.1 Å². The molecule has 5 heteroatoms. The van der Waals surface area contributed by atoms with Crippen molar-refractivity contribution in [2.24, 2.45) is 0 Å². The summed E-state index contributed by atoms with van der Waals surface area (Å²) in [7, 11) is 1.94. The van der Waals surface area contributed by atoms with Gasteiger partial charge >= 0.3 is 0 Å². The zero-order chi connectivity index (χ0) is 15.4. The largest absolute Gasteiger partial charge is 0.489 e. The molecule has 3 nitrogen and oxygen atoms in total. The number of hydrogen-bond acceptors (Lipinski definition) is 3. The topological polar surface area (TPSA) is 34.2 Å². The SMILES string of the molecule is CNC(c1cc(Br)cc(Br)c1)c1cncc(OC(C)C)c1. The van der Waals surface area contributed by atoms with Gasteiger partial charge in [0.1, 0.15) is 5.75 Å². The van der Waals surface area contributed by atoms with E-state index in [1.165, 1.54) is 0 Å². The van der Waals surface area contributed by atoms with Crippen LogP contribution >= 0.6 is 31.9 Å². The highest BCUT2D eigenvalue weighted by Crippen LogP contribution is 2.29. The third-order valence-corrected chi connectivity index (χ3v) is 3.86. The van der Waals surface area contributed by atoms with E-state index in [9.17, 15) is 0 Å². The van der Waals surface area contributed by atoms with Crippen LogP contribution in [0.5, 0.6) is 5.75 Å². The number of nitrogens with zero attached hydrogens (tertiary/aromatic N) is 1. The van der Waals surface area contributed by atoms with Gasteiger partial charge in [-0.05, 0) is 56.3 Å². The van der Waals surface area contributed by atoms with E-state index < -0.39 is 0 Å². The van der Waals surface area contributed by atoms with Gasteiger partial charge in [0.25, 0.3) is 0 Å². The molecule has 112 valence electrons. The van der Waals surface area contributed by atoms with E-state index in [0.717, 1.165) is 25.8 Å². The first-order chi connectivity index (χ1) is 9.99. The summed E-state index contributed by atoms with van der Waals surface area (Å²) in [5.41, 5.74) is 2.22. The summed E-state index contributed by atoms with van der Waals surface area (Å²) in [4.78, 5) is 4.29. The van der Waals surface area contributed by atoms with E-state index in [0.29, 0.717) is 0 Å². The fraction of sp³-hybridized carbons (Fsp3) is 0.312. The van der Waals surface area contributed by atoms with E-state index in [4.69, 9.17) is 4.74 Å². The van der Waals surface area contributed by atoms with Gasteiger partial charge in [-0.2, -0.15) is 0 Å². The molecule has 1 aromatic heterocycles. The lowest BCUT2D eigenvalue weighted by Crippen LogP contribution is -2.18. The molecule has 1 heterocycles. The van der Waals surface area contributed by atoms with Crippen molar-refractivity contribution in [2.45, 2.75) is 26.0 Å². The Morgan fingerprint density at radius 2 is 1.67 bits per heavy atom. The number of aromatic nitrogens is 1. The predicted molar refractivity (Wildman–Crippen MR) is 92.7 cm³/mol. The van der Waals surface area contributed by atoms with Crippen molar-refractivity contribution in [2.75, 3.05) is 7.05 Å². The van der Waals surface area contributed by atoms with Crippen molar-refractivity contribution >= 4 is 31.9 Å². The van der Waals surface area contributed by atoms with Crippen molar-refractivity contribution in [3.05, 3.63) is 56.7 Å². The van der Waals surface area contributed by atoms with Crippen molar-refractivity contribution in [3.63, 3.8) is 0 Å². The normalized spacial score (nSPS) is 12.5. The maximum absolute atomic E-state index is 5.72. The molecule has 0 amide bonds. The quantitative estimate of drug-likeness (QED) is 0.771. The Labute approximate surface area is 142 Å². The maximum atomic E-state index is 5.72. The van der Waals surface area contributed by atoms with Crippen molar-refractivity contribution < 1.29 is 4.74 Å². The lowest BCUT2D eigenvalue weighted by atomic mass is 10.0. The van der Waals surface area contributed by atoms with Crippen LogP contribution in [0.15, 0.2) is 45.6 Å². The summed E-state index contributed by atoms with van der Waals surface area (Å²) in [6.45, 7) is 4.02. The number of rotatable bonds is 5. The number of halogens is 2. The highest BCUT2D eigenvalue weighted by Gasteiger charge is 2.14. The van der Waals surface area contributed by atoms with Gasteiger partial charge < -0.3 is 10.1 Å². The van der Waals surface area contributed by atoms with E-state index in [2.05, 4.69) is 54.3 Å². The van der Waals surface area contributed by atoms with Gasteiger partial charge in [0, 0.05) is 15.1 Å². The molecule has 21 heavy (non-hydrogen) atoms. The standard InChI is InChI=1S/C16H18Br2N2O/c1-10(2)21-15-6-12(8-20-9-15)16(19-3)11-4-13(17)7-14(18)5-11/h4-10,16,19H,1-3H3. The van der Waals surface area contributed by atoms with Crippen molar-refractivity contribution in [1.29, 1.82) is 0 Å². The second kappa shape index (κ2) is 7.38. The Morgan fingerprint density at radius 1 is 1.00 bits per heavy atom.